The fraction of sp³-hybridized carbons (Fsp3) is 0.889. The Morgan fingerprint density at radius 3 is 2.09 bits per heavy atom. The van der Waals surface area contributed by atoms with E-state index in [1.165, 1.54) is 0 Å². The number of carbonyl (C=O) groups excluding carboxylic acids is 2. The predicted molar refractivity (Wildman–Crippen MR) is 88.7 cm³/mol. The highest BCUT2D eigenvalue weighted by molar-refractivity contribution is 5.80. The van der Waals surface area contributed by atoms with E-state index >= 15 is 0 Å². The van der Waals surface area contributed by atoms with Crippen molar-refractivity contribution in [3.05, 3.63) is 0 Å². The molecule has 4 nitrogen and oxygen atoms in total. The third kappa shape index (κ3) is 4.55. The first-order chi connectivity index (χ1) is 10.5. The van der Waals surface area contributed by atoms with E-state index in [-0.39, 0.29) is 0 Å². The molecule has 1 saturated heterocycles. The van der Waals surface area contributed by atoms with Crippen LogP contribution in [0, 0.1) is 11.8 Å². The van der Waals surface area contributed by atoms with Gasteiger partial charge in [0.25, 0.3) is 0 Å². The third-order valence-electron chi connectivity index (χ3n) is 5.27. The Hall–Kier alpha value is -0.900. The minimum absolute atomic E-state index is 0.312. The minimum atomic E-state index is 0.312. The van der Waals surface area contributed by atoms with Crippen molar-refractivity contribution >= 4 is 11.7 Å². The molecule has 1 saturated carbocycles. The second-order valence-electron chi connectivity index (χ2n) is 7.34. The maximum absolute atomic E-state index is 12.1. The zero-order chi connectivity index (χ0) is 16.1. The molecule has 1 amide bonds. The molecular weight excluding hydrogens is 276 g/mol. The van der Waals surface area contributed by atoms with E-state index in [0.29, 0.717) is 42.4 Å². The van der Waals surface area contributed by atoms with Crippen molar-refractivity contribution in [2.75, 3.05) is 26.2 Å². The molecule has 1 aliphatic heterocycles. The summed E-state index contributed by atoms with van der Waals surface area (Å²) in [6.45, 7) is 9.93. The van der Waals surface area contributed by atoms with E-state index in [9.17, 15) is 9.59 Å². The highest BCUT2D eigenvalue weighted by Crippen LogP contribution is 2.29. The van der Waals surface area contributed by atoms with Crippen molar-refractivity contribution in [1.82, 2.24) is 9.80 Å². The Labute approximate surface area is 135 Å². The molecule has 0 unspecified atom stereocenters. The molecule has 1 heterocycles. The summed E-state index contributed by atoms with van der Waals surface area (Å²) >= 11 is 0. The van der Waals surface area contributed by atoms with E-state index in [1.807, 2.05) is 11.8 Å². The van der Waals surface area contributed by atoms with Gasteiger partial charge in [0.2, 0.25) is 5.91 Å². The molecule has 1 aliphatic carbocycles. The van der Waals surface area contributed by atoms with Crippen LogP contribution in [0.2, 0.25) is 0 Å². The molecule has 0 radical (unpaired) electrons. The maximum Gasteiger partial charge on any atom is 0.222 e. The Kier molecular flexibility index (Phi) is 6.42. The summed E-state index contributed by atoms with van der Waals surface area (Å²) in [5.74, 6) is 1.52. The van der Waals surface area contributed by atoms with Crippen LogP contribution in [-0.4, -0.2) is 53.7 Å². The fourth-order valence-corrected chi connectivity index (χ4v) is 3.87. The van der Waals surface area contributed by atoms with Crippen molar-refractivity contribution in [3.63, 3.8) is 0 Å². The summed E-state index contributed by atoms with van der Waals surface area (Å²) in [4.78, 5) is 28.5. The Morgan fingerprint density at radius 1 is 1.00 bits per heavy atom. The van der Waals surface area contributed by atoms with Crippen LogP contribution in [0.15, 0.2) is 0 Å². The lowest BCUT2D eigenvalue weighted by Crippen LogP contribution is -2.52. The van der Waals surface area contributed by atoms with E-state index in [1.54, 1.807) is 0 Å². The van der Waals surface area contributed by atoms with Gasteiger partial charge >= 0.3 is 0 Å². The quantitative estimate of drug-likeness (QED) is 0.784. The number of hydrogen-bond donors (Lipinski definition) is 0. The minimum Gasteiger partial charge on any atom is -0.340 e. The van der Waals surface area contributed by atoms with Gasteiger partial charge in [-0.3, -0.25) is 14.5 Å². The van der Waals surface area contributed by atoms with Gasteiger partial charge in [-0.2, -0.15) is 0 Å². The summed E-state index contributed by atoms with van der Waals surface area (Å²) in [5, 5.41) is 0. The summed E-state index contributed by atoms with van der Waals surface area (Å²) in [6.07, 6.45) is 5.77. The van der Waals surface area contributed by atoms with Crippen LogP contribution in [0.3, 0.4) is 0 Å². The van der Waals surface area contributed by atoms with Crippen LogP contribution >= 0.6 is 0 Å². The van der Waals surface area contributed by atoms with E-state index in [4.69, 9.17) is 0 Å². The van der Waals surface area contributed by atoms with Gasteiger partial charge in [0, 0.05) is 51.0 Å². The lowest BCUT2D eigenvalue weighted by molar-refractivity contribution is -0.134. The van der Waals surface area contributed by atoms with Crippen LogP contribution in [0.4, 0.5) is 0 Å². The summed E-state index contributed by atoms with van der Waals surface area (Å²) in [5.41, 5.74) is 0. The first kappa shape index (κ1) is 17.5. The second-order valence-corrected chi connectivity index (χ2v) is 7.34. The van der Waals surface area contributed by atoms with Crippen molar-refractivity contribution < 1.29 is 9.59 Å². The van der Waals surface area contributed by atoms with E-state index in [0.717, 1.165) is 51.9 Å². The number of Topliss-reactive ketones (excluding diaryl/α,β-unsaturated/α-hetero) is 1. The zero-order valence-corrected chi connectivity index (χ0v) is 14.5. The van der Waals surface area contributed by atoms with Crippen molar-refractivity contribution in [3.8, 4) is 0 Å². The normalized spacial score (nSPS) is 27.2. The highest BCUT2D eigenvalue weighted by atomic mass is 16.2. The maximum atomic E-state index is 12.1. The van der Waals surface area contributed by atoms with Gasteiger partial charge in [-0.15, -0.1) is 0 Å². The molecule has 2 fully saturated rings. The summed E-state index contributed by atoms with van der Waals surface area (Å²) < 4.78 is 0. The van der Waals surface area contributed by atoms with Crippen molar-refractivity contribution in [2.45, 2.75) is 65.3 Å². The van der Waals surface area contributed by atoms with Gasteiger partial charge in [-0.1, -0.05) is 20.8 Å². The molecule has 0 atom stereocenters. The van der Waals surface area contributed by atoms with Gasteiger partial charge in [0.05, 0.1) is 0 Å². The first-order valence-electron chi connectivity index (χ1n) is 9.05. The molecule has 0 bridgehead atoms. The molecule has 0 spiro atoms. The standard InChI is InChI=1S/C18H32N2O2/c1-4-17(21)15-5-7-16(8-6-15)19-9-11-20(12-10-19)18(22)13-14(2)3/h14-16H,4-13H2,1-3H3/t15-,16-. The molecule has 0 aromatic carbocycles. The fourth-order valence-electron chi connectivity index (χ4n) is 3.87. The molecule has 0 N–H and O–H groups in total. The molecule has 0 aromatic heterocycles. The van der Waals surface area contributed by atoms with Gasteiger partial charge in [0.1, 0.15) is 5.78 Å². The molecule has 22 heavy (non-hydrogen) atoms. The SMILES string of the molecule is CCC(=O)[C@H]1CC[C@H](N2CCN(C(=O)CC(C)C)CC2)CC1. The van der Waals surface area contributed by atoms with E-state index < -0.39 is 0 Å². The molecule has 2 rings (SSSR count). The molecular formula is C18H32N2O2. The van der Waals surface area contributed by atoms with Gasteiger partial charge in [0.15, 0.2) is 0 Å². The number of carbonyl (C=O) groups is 2. The average Bonchev–Trinajstić information content (AvgIpc) is 2.54. The average molecular weight is 308 g/mol. The monoisotopic (exact) mass is 308 g/mol. The molecule has 4 heteroatoms. The lowest BCUT2D eigenvalue weighted by Gasteiger charge is -2.42. The highest BCUT2D eigenvalue weighted by Gasteiger charge is 2.31. The third-order valence-corrected chi connectivity index (χ3v) is 5.27. The Balaban J connectivity index is 1.74. The van der Waals surface area contributed by atoms with Crippen molar-refractivity contribution in [1.29, 1.82) is 0 Å². The van der Waals surface area contributed by atoms with Crippen LogP contribution in [-0.2, 0) is 9.59 Å². The number of amides is 1. The molecule has 0 aromatic rings. The van der Waals surface area contributed by atoms with Crippen molar-refractivity contribution in [2.24, 2.45) is 11.8 Å². The van der Waals surface area contributed by atoms with Gasteiger partial charge in [-0.25, -0.2) is 0 Å². The predicted octanol–water partition coefficient (Wildman–Crippen LogP) is 2.71. The topological polar surface area (TPSA) is 40.6 Å². The summed E-state index contributed by atoms with van der Waals surface area (Å²) in [6, 6.07) is 0.628. The molecule has 126 valence electrons. The van der Waals surface area contributed by atoms with E-state index in [2.05, 4.69) is 18.7 Å². The first-order valence-corrected chi connectivity index (χ1v) is 9.05. The van der Waals surface area contributed by atoms with Gasteiger partial charge < -0.3 is 4.90 Å². The smallest absolute Gasteiger partial charge is 0.222 e. The number of ketones is 1. The number of hydrogen-bond acceptors (Lipinski definition) is 3. The Bertz CT molecular complexity index is 379. The summed E-state index contributed by atoms with van der Waals surface area (Å²) in [7, 11) is 0. The van der Waals surface area contributed by atoms with Crippen LogP contribution in [0.5, 0.6) is 0 Å². The molecule has 2 aliphatic rings. The van der Waals surface area contributed by atoms with Gasteiger partial charge in [-0.05, 0) is 31.6 Å². The van der Waals surface area contributed by atoms with Crippen LogP contribution in [0.25, 0.3) is 0 Å². The lowest BCUT2D eigenvalue weighted by atomic mass is 9.82. The largest absolute Gasteiger partial charge is 0.340 e. The van der Waals surface area contributed by atoms with Crippen LogP contribution in [0.1, 0.15) is 59.3 Å². The second kappa shape index (κ2) is 8.09. The number of piperazine rings is 1. The number of rotatable bonds is 5. The van der Waals surface area contributed by atoms with Crippen LogP contribution < -0.4 is 0 Å². The zero-order valence-electron chi connectivity index (χ0n) is 14.5. The Morgan fingerprint density at radius 2 is 1.59 bits per heavy atom. The number of nitrogens with zero attached hydrogens (tertiary/aromatic N) is 2.